The quantitative estimate of drug-likeness (QED) is 0.605. The van der Waals surface area contributed by atoms with Crippen molar-refractivity contribution in [2.75, 3.05) is 19.8 Å². The first kappa shape index (κ1) is 14.0. The Kier molecular flexibility index (Phi) is 4.19. The van der Waals surface area contributed by atoms with Gasteiger partial charge in [0, 0.05) is 6.54 Å². The Morgan fingerprint density at radius 1 is 1.11 bits per heavy atom. The fourth-order valence-electron chi connectivity index (χ4n) is 2.84. The molecule has 19 heavy (non-hydrogen) atoms. The molecule has 0 spiro atoms. The fraction of sp³-hybridized carbons (Fsp3) is 0.769. The number of hydrogen-bond donors (Lipinski definition) is 1. The van der Waals surface area contributed by atoms with Crippen LogP contribution in [0.25, 0.3) is 0 Å². The smallest absolute Gasteiger partial charge is 0.311 e. The summed E-state index contributed by atoms with van der Waals surface area (Å²) in [7, 11) is 0. The van der Waals surface area contributed by atoms with E-state index in [0.29, 0.717) is 12.8 Å². The van der Waals surface area contributed by atoms with Gasteiger partial charge in [0.1, 0.15) is 13.2 Å². The lowest BCUT2D eigenvalue weighted by molar-refractivity contribution is -0.164. The topological polar surface area (TPSA) is 83.9 Å². The van der Waals surface area contributed by atoms with Crippen LogP contribution >= 0.6 is 0 Å². The van der Waals surface area contributed by atoms with Crippen LogP contribution in [0, 0.1) is 5.41 Å². The van der Waals surface area contributed by atoms with Crippen molar-refractivity contribution in [2.45, 2.75) is 38.5 Å². The van der Waals surface area contributed by atoms with Gasteiger partial charge in [-0.3, -0.25) is 19.3 Å². The summed E-state index contributed by atoms with van der Waals surface area (Å²) in [4.78, 5) is 36.1. The summed E-state index contributed by atoms with van der Waals surface area (Å²) in [5, 5.41) is 9.54. The molecule has 1 aliphatic heterocycles. The van der Waals surface area contributed by atoms with Crippen LogP contribution in [0.5, 0.6) is 0 Å². The third-order valence-corrected chi connectivity index (χ3v) is 4.03. The molecule has 0 aromatic heterocycles. The van der Waals surface area contributed by atoms with Crippen LogP contribution in [0.3, 0.4) is 0 Å². The molecule has 0 aromatic rings. The number of amides is 2. The van der Waals surface area contributed by atoms with Gasteiger partial charge < -0.3 is 9.84 Å². The third kappa shape index (κ3) is 2.94. The summed E-state index contributed by atoms with van der Waals surface area (Å²) in [6.07, 6.45) is 4.75. The van der Waals surface area contributed by atoms with Gasteiger partial charge in [-0.15, -0.1) is 0 Å². The van der Waals surface area contributed by atoms with Crippen molar-refractivity contribution in [1.82, 2.24) is 4.90 Å². The molecule has 0 radical (unpaired) electrons. The average Bonchev–Trinajstić information content (AvgIpc) is 2.60. The highest BCUT2D eigenvalue weighted by Gasteiger charge is 2.43. The third-order valence-electron chi connectivity index (χ3n) is 4.03. The van der Waals surface area contributed by atoms with Crippen LogP contribution in [-0.4, -0.2) is 47.5 Å². The van der Waals surface area contributed by atoms with E-state index in [4.69, 9.17) is 4.74 Å². The van der Waals surface area contributed by atoms with Crippen molar-refractivity contribution in [1.29, 1.82) is 0 Å². The monoisotopic (exact) mass is 269 g/mol. The van der Waals surface area contributed by atoms with Gasteiger partial charge in [-0.05, 0) is 12.8 Å². The molecule has 2 rings (SSSR count). The highest BCUT2D eigenvalue weighted by atomic mass is 16.5. The predicted octanol–water partition coefficient (Wildman–Crippen LogP) is 0.797. The summed E-state index contributed by atoms with van der Waals surface area (Å²) < 4.78 is 4.84. The van der Waals surface area contributed by atoms with E-state index in [-0.39, 0.29) is 19.8 Å². The number of carbonyl (C=O) groups is 3. The maximum absolute atomic E-state index is 11.7. The van der Waals surface area contributed by atoms with Crippen LogP contribution in [0.4, 0.5) is 0 Å². The van der Waals surface area contributed by atoms with Crippen LogP contribution < -0.4 is 0 Å². The standard InChI is InChI=1S/C13H19NO5/c15-10-7-19-8-11(16)14(10)9-13(12(17)18)5-3-1-2-4-6-13/h1-9H2,(H,17,18). The Hall–Kier alpha value is -1.43. The second kappa shape index (κ2) is 5.69. The van der Waals surface area contributed by atoms with Gasteiger partial charge in [0.2, 0.25) is 0 Å². The van der Waals surface area contributed by atoms with Gasteiger partial charge in [0.15, 0.2) is 0 Å². The van der Waals surface area contributed by atoms with Gasteiger partial charge in [0.05, 0.1) is 5.41 Å². The number of ether oxygens (including phenoxy) is 1. The summed E-state index contributed by atoms with van der Waals surface area (Å²) in [5.74, 6) is -1.76. The second-order valence-corrected chi connectivity index (χ2v) is 5.37. The van der Waals surface area contributed by atoms with Crippen LogP contribution in [0.2, 0.25) is 0 Å². The molecule has 106 valence electrons. The van der Waals surface area contributed by atoms with Gasteiger partial charge in [-0.1, -0.05) is 25.7 Å². The first-order chi connectivity index (χ1) is 9.05. The van der Waals surface area contributed by atoms with Crippen molar-refractivity contribution in [3.8, 4) is 0 Å². The zero-order chi connectivity index (χ0) is 13.9. The molecular formula is C13H19NO5. The number of hydrogen-bond acceptors (Lipinski definition) is 4. The Morgan fingerprint density at radius 3 is 2.11 bits per heavy atom. The number of carbonyl (C=O) groups excluding carboxylic acids is 2. The van der Waals surface area contributed by atoms with E-state index in [2.05, 4.69) is 0 Å². The molecule has 2 aliphatic rings. The van der Waals surface area contributed by atoms with E-state index in [1.165, 1.54) is 0 Å². The van der Waals surface area contributed by atoms with Crippen molar-refractivity contribution in [3.63, 3.8) is 0 Å². The van der Waals surface area contributed by atoms with E-state index in [1.54, 1.807) is 0 Å². The summed E-state index contributed by atoms with van der Waals surface area (Å²) in [6.45, 7) is -0.285. The lowest BCUT2D eigenvalue weighted by atomic mass is 9.79. The van der Waals surface area contributed by atoms with E-state index in [9.17, 15) is 19.5 Å². The van der Waals surface area contributed by atoms with Crippen LogP contribution in [0.15, 0.2) is 0 Å². The van der Waals surface area contributed by atoms with Gasteiger partial charge >= 0.3 is 5.97 Å². The number of rotatable bonds is 3. The van der Waals surface area contributed by atoms with E-state index >= 15 is 0 Å². The zero-order valence-corrected chi connectivity index (χ0v) is 10.9. The number of nitrogens with zero attached hydrogens (tertiary/aromatic N) is 1. The predicted molar refractivity (Wildman–Crippen MR) is 65.3 cm³/mol. The highest BCUT2D eigenvalue weighted by Crippen LogP contribution is 2.36. The van der Waals surface area contributed by atoms with Crippen molar-refractivity contribution in [3.05, 3.63) is 0 Å². The van der Waals surface area contributed by atoms with E-state index in [0.717, 1.165) is 30.6 Å². The number of carboxylic acids is 1. The number of morpholine rings is 1. The lowest BCUT2D eigenvalue weighted by Crippen LogP contribution is -2.52. The molecule has 0 aromatic carbocycles. The van der Waals surface area contributed by atoms with Crippen LogP contribution in [-0.2, 0) is 19.1 Å². The second-order valence-electron chi connectivity index (χ2n) is 5.37. The Labute approximate surface area is 111 Å². The lowest BCUT2D eigenvalue weighted by Gasteiger charge is -2.35. The Bertz CT molecular complexity index is 368. The molecule has 1 saturated heterocycles. The maximum Gasteiger partial charge on any atom is 0.311 e. The first-order valence-corrected chi connectivity index (χ1v) is 6.69. The Morgan fingerprint density at radius 2 is 1.63 bits per heavy atom. The molecule has 1 aliphatic carbocycles. The van der Waals surface area contributed by atoms with Crippen molar-refractivity contribution in [2.24, 2.45) is 5.41 Å². The fourth-order valence-corrected chi connectivity index (χ4v) is 2.84. The molecule has 6 heteroatoms. The van der Waals surface area contributed by atoms with Crippen molar-refractivity contribution < 1.29 is 24.2 Å². The molecule has 1 saturated carbocycles. The first-order valence-electron chi connectivity index (χ1n) is 6.69. The average molecular weight is 269 g/mol. The molecule has 6 nitrogen and oxygen atoms in total. The van der Waals surface area contributed by atoms with E-state index in [1.807, 2.05) is 0 Å². The number of carboxylic acid groups (broad SMARTS) is 1. The van der Waals surface area contributed by atoms with Gasteiger partial charge in [-0.2, -0.15) is 0 Å². The molecule has 1 heterocycles. The van der Waals surface area contributed by atoms with E-state index < -0.39 is 23.2 Å². The molecule has 2 amide bonds. The Balaban J connectivity index is 2.17. The minimum atomic E-state index is -0.973. The summed E-state index contributed by atoms with van der Waals surface area (Å²) in [5.41, 5.74) is -0.973. The molecular weight excluding hydrogens is 250 g/mol. The minimum Gasteiger partial charge on any atom is -0.481 e. The normalized spacial score (nSPS) is 24.1. The summed E-state index contributed by atoms with van der Waals surface area (Å²) in [6, 6.07) is 0. The molecule has 0 bridgehead atoms. The molecule has 2 fully saturated rings. The highest BCUT2D eigenvalue weighted by molar-refractivity contribution is 5.98. The SMILES string of the molecule is O=C1COCC(=O)N1CC1(C(=O)O)CCCCCC1. The van der Waals surface area contributed by atoms with Crippen molar-refractivity contribution >= 4 is 17.8 Å². The van der Waals surface area contributed by atoms with Gasteiger partial charge in [0.25, 0.3) is 11.8 Å². The minimum absolute atomic E-state index is 0.0106. The maximum atomic E-state index is 11.7. The number of imide groups is 1. The molecule has 0 unspecified atom stereocenters. The molecule has 1 N–H and O–H groups in total. The van der Waals surface area contributed by atoms with Crippen LogP contribution in [0.1, 0.15) is 38.5 Å². The number of aliphatic carboxylic acids is 1. The molecule has 0 atom stereocenters. The van der Waals surface area contributed by atoms with Gasteiger partial charge in [-0.25, -0.2) is 0 Å². The summed E-state index contributed by atoms with van der Waals surface area (Å²) >= 11 is 0. The largest absolute Gasteiger partial charge is 0.481 e. The zero-order valence-electron chi connectivity index (χ0n) is 10.9.